The summed E-state index contributed by atoms with van der Waals surface area (Å²) < 4.78 is 24.3. The molecule has 7 nitrogen and oxygen atoms in total. The zero-order valence-electron chi connectivity index (χ0n) is 12.7. The van der Waals surface area contributed by atoms with E-state index in [1.165, 1.54) is 10.6 Å². The number of hydrogen-bond donors (Lipinski definition) is 1. The van der Waals surface area contributed by atoms with Crippen LogP contribution in [0.5, 0.6) is 0 Å². The van der Waals surface area contributed by atoms with Gasteiger partial charge in [-0.1, -0.05) is 6.92 Å². The second kappa shape index (κ2) is 6.60. The topological polar surface area (TPSA) is 81.2 Å². The van der Waals surface area contributed by atoms with Gasteiger partial charge in [-0.05, 0) is 18.9 Å². The van der Waals surface area contributed by atoms with Crippen LogP contribution in [-0.2, 0) is 14.8 Å². The molecule has 0 saturated carbocycles. The maximum atomic E-state index is 12.2. The van der Waals surface area contributed by atoms with Crippen molar-refractivity contribution in [3.05, 3.63) is 0 Å². The van der Waals surface area contributed by atoms with Gasteiger partial charge in [-0.15, -0.1) is 0 Å². The van der Waals surface area contributed by atoms with E-state index in [1.807, 2.05) is 11.8 Å². The van der Waals surface area contributed by atoms with Crippen LogP contribution < -0.4 is 0 Å². The third kappa shape index (κ3) is 4.38. The third-order valence-corrected chi connectivity index (χ3v) is 5.73. The Bertz CT molecular complexity index is 474. The van der Waals surface area contributed by atoms with E-state index in [0.29, 0.717) is 39.3 Å². The summed E-state index contributed by atoms with van der Waals surface area (Å²) in [7, 11) is -3.16. The first kappa shape index (κ1) is 16.7. The lowest BCUT2D eigenvalue weighted by Gasteiger charge is -2.37. The van der Waals surface area contributed by atoms with Crippen molar-refractivity contribution in [3.8, 4) is 0 Å². The molecule has 2 atom stereocenters. The number of hydrogen-bond acceptors (Lipinski definition) is 5. The van der Waals surface area contributed by atoms with Gasteiger partial charge in [0.2, 0.25) is 15.9 Å². The van der Waals surface area contributed by atoms with Crippen LogP contribution in [0, 0.1) is 5.92 Å². The number of likely N-dealkylation sites (tertiary alicyclic amines) is 1. The lowest BCUT2D eigenvalue weighted by atomic mass is 9.96. The molecule has 2 unspecified atom stereocenters. The number of sulfonamides is 1. The Morgan fingerprint density at radius 2 is 1.81 bits per heavy atom. The SMILES string of the molecule is CC1CCN(CC(=O)N2CCN(S(C)(=O)=O)CC2)CC1O. The number of rotatable bonds is 3. The number of piperidine rings is 1. The Balaban J connectivity index is 1.80. The lowest BCUT2D eigenvalue weighted by molar-refractivity contribution is -0.134. The van der Waals surface area contributed by atoms with Crippen LogP contribution in [0.1, 0.15) is 13.3 Å². The van der Waals surface area contributed by atoms with E-state index in [9.17, 15) is 18.3 Å². The lowest BCUT2D eigenvalue weighted by Crippen LogP contribution is -2.53. The molecule has 0 aromatic rings. The molecule has 8 heteroatoms. The molecular formula is C13H25N3O4S. The average Bonchev–Trinajstić information content (AvgIpc) is 2.42. The van der Waals surface area contributed by atoms with Crippen molar-refractivity contribution in [1.29, 1.82) is 0 Å². The maximum absolute atomic E-state index is 12.2. The molecule has 0 spiro atoms. The van der Waals surface area contributed by atoms with Gasteiger partial charge in [0.05, 0.1) is 18.9 Å². The van der Waals surface area contributed by atoms with E-state index in [0.717, 1.165) is 13.0 Å². The first-order chi connectivity index (χ1) is 9.77. The molecule has 0 radical (unpaired) electrons. The second-order valence-electron chi connectivity index (χ2n) is 6.11. The van der Waals surface area contributed by atoms with Gasteiger partial charge in [0.1, 0.15) is 0 Å². The summed E-state index contributed by atoms with van der Waals surface area (Å²) in [5.41, 5.74) is 0. The van der Waals surface area contributed by atoms with Crippen LogP contribution >= 0.6 is 0 Å². The molecule has 122 valence electrons. The molecule has 0 aromatic heterocycles. The van der Waals surface area contributed by atoms with E-state index in [1.54, 1.807) is 4.90 Å². The number of nitrogens with zero attached hydrogens (tertiary/aromatic N) is 3. The van der Waals surface area contributed by atoms with Crippen LogP contribution in [0.15, 0.2) is 0 Å². The molecule has 0 bridgehead atoms. The van der Waals surface area contributed by atoms with E-state index in [2.05, 4.69) is 0 Å². The molecule has 1 N–H and O–H groups in total. The Hall–Kier alpha value is -0.700. The Morgan fingerprint density at radius 1 is 1.19 bits per heavy atom. The summed E-state index contributed by atoms with van der Waals surface area (Å²) in [6.07, 6.45) is 1.73. The molecule has 2 rings (SSSR count). The minimum Gasteiger partial charge on any atom is -0.392 e. The maximum Gasteiger partial charge on any atom is 0.236 e. The van der Waals surface area contributed by atoms with Crippen molar-refractivity contribution in [2.75, 3.05) is 52.1 Å². The molecule has 2 aliphatic rings. The summed E-state index contributed by atoms with van der Waals surface area (Å²) >= 11 is 0. The van der Waals surface area contributed by atoms with Gasteiger partial charge in [-0.3, -0.25) is 9.69 Å². The highest BCUT2D eigenvalue weighted by atomic mass is 32.2. The monoisotopic (exact) mass is 319 g/mol. The van der Waals surface area contributed by atoms with Crippen molar-refractivity contribution in [1.82, 2.24) is 14.1 Å². The number of piperazine rings is 1. The van der Waals surface area contributed by atoms with E-state index >= 15 is 0 Å². The average molecular weight is 319 g/mol. The first-order valence-electron chi connectivity index (χ1n) is 7.40. The molecular weight excluding hydrogens is 294 g/mol. The largest absolute Gasteiger partial charge is 0.392 e. The van der Waals surface area contributed by atoms with E-state index < -0.39 is 10.0 Å². The van der Waals surface area contributed by atoms with Crippen LogP contribution in [-0.4, -0.2) is 91.7 Å². The summed E-state index contributed by atoms with van der Waals surface area (Å²) in [6.45, 7) is 5.31. The molecule has 21 heavy (non-hydrogen) atoms. The minimum atomic E-state index is -3.16. The van der Waals surface area contributed by atoms with Gasteiger partial charge in [0, 0.05) is 32.7 Å². The number of β-amino-alcohol motifs (C(OH)–C–C–N with tert-alkyl or cyclic N) is 1. The van der Waals surface area contributed by atoms with Gasteiger partial charge >= 0.3 is 0 Å². The van der Waals surface area contributed by atoms with E-state index in [4.69, 9.17) is 0 Å². The fourth-order valence-corrected chi connectivity index (χ4v) is 3.64. The number of aliphatic hydroxyl groups excluding tert-OH is 1. The number of amides is 1. The van der Waals surface area contributed by atoms with Gasteiger partial charge in [-0.25, -0.2) is 8.42 Å². The predicted octanol–water partition coefficient (Wildman–Crippen LogP) is -1.21. The first-order valence-corrected chi connectivity index (χ1v) is 9.25. The Morgan fingerprint density at radius 3 is 2.33 bits per heavy atom. The molecule has 2 heterocycles. The molecule has 2 fully saturated rings. The van der Waals surface area contributed by atoms with Gasteiger partial charge < -0.3 is 10.0 Å². The van der Waals surface area contributed by atoms with Crippen molar-refractivity contribution >= 4 is 15.9 Å². The highest BCUT2D eigenvalue weighted by Crippen LogP contribution is 2.17. The Labute approximate surface area is 126 Å². The number of carbonyl (C=O) groups is 1. The second-order valence-corrected chi connectivity index (χ2v) is 8.09. The standard InChI is InChI=1S/C13H25N3O4S/c1-11-3-4-14(9-12(11)17)10-13(18)15-5-7-16(8-6-15)21(2,19)20/h11-12,17H,3-10H2,1-2H3. The smallest absolute Gasteiger partial charge is 0.236 e. The van der Waals surface area contributed by atoms with E-state index in [-0.39, 0.29) is 17.9 Å². The summed E-state index contributed by atoms with van der Waals surface area (Å²) in [4.78, 5) is 15.9. The van der Waals surface area contributed by atoms with Crippen molar-refractivity contribution in [3.63, 3.8) is 0 Å². The third-order valence-electron chi connectivity index (χ3n) is 4.42. The molecule has 0 aliphatic carbocycles. The zero-order valence-corrected chi connectivity index (χ0v) is 13.5. The summed E-state index contributed by atoms with van der Waals surface area (Å²) in [5, 5.41) is 9.86. The predicted molar refractivity (Wildman–Crippen MR) is 79.2 cm³/mol. The van der Waals surface area contributed by atoms with Gasteiger partial charge in [0.25, 0.3) is 0 Å². The number of carbonyl (C=O) groups excluding carboxylic acids is 1. The minimum absolute atomic E-state index is 0.0184. The summed E-state index contributed by atoms with van der Waals surface area (Å²) in [5.74, 6) is 0.305. The van der Waals surface area contributed by atoms with Crippen molar-refractivity contribution in [2.45, 2.75) is 19.4 Å². The van der Waals surface area contributed by atoms with Crippen LogP contribution in [0.4, 0.5) is 0 Å². The normalized spacial score (nSPS) is 29.6. The van der Waals surface area contributed by atoms with Gasteiger partial charge in [0.15, 0.2) is 0 Å². The van der Waals surface area contributed by atoms with Crippen LogP contribution in [0.2, 0.25) is 0 Å². The summed E-state index contributed by atoms with van der Waals surface area (Å²) in [6, 6.07) is 0. The number of aliphatic hydroxyl groups is 1. The quantitative estimate of drug-likeness (QED) is 0.706. The molecule has 2 saturated heterocycles. The van der Waals surface area contributed by atoms with Gasteiger partial charge in [-0.2, -0.15) is 4.31 Å². The fourth-order valence-electron chi connectivity index (χ4n) is 2.82. The van der Waals surface area contributed by atoms with Crippen LogP contribution in [0.25, 0.3) is 0 Å². The molecule has 2 aliphatic heterocycles. The van der Waals surface area contributed by atoms with Crippen molar-refractivity contribution < 1.29 is 18.3 Å². The fraction of sp³-hybridized carbons (Fsp3) is 0.923. The van der Waals surface area contributed by atoms with Crippen LogP contribution in [0.3, 0.4) is 0 Å². The molecule has 0 aromatic carbocycles. The Kier molecular flexibility index (Phi) is 5.24. The highest BCUT2D eigenvalue weighted by molar-refractivity contribution is 7.88. The molecule has 1 amide bonds. The highest BCUT2D eigenvalue weighted by Gasteiger charge is 2.29. The zero-order chi connectivity index (χ0) is 15.6. The van der Waals surface area contributed by atoms with Crippen molar-refractivity contribution in [2.24, 2.45) is 5.92 Å².